The molecule has 0 N–H and O–H groups in total. The quantitative estimate of drug-likeness (QED) is 0.763. The molecule has 1 aliphatic carbocycles. The van der Waals surface area contributed by atoms with Gasteiger partial charge < -0.3 is 0 Å². The topological polar surface area (TPSA) is 36.4 Å². The minimum absolute atomic E-state index is 0.0858. The molecule has 0 aliphatic heterocycles. The molecule has 0 aromatic carbocycles. The van der Waals surface area contributed by atoms with Crippen LogP contribution in [0.5, 0.6) is 0 Å². The zero-order valence-electron chi connectivity index (χ0n) is 14.1. The molecule has 1 fully saturated rings. The maximum absolute atomic E-state index is 13.1. The largest absolute Gasteiger partial charge is 0.295 e. The van der Waals surface area contributed by atoms with Gasteiger partial charge in [-0.2, -0.15) is 0 Å². The van der Waals surface area contributed by atoms with Gasteiger partial charge in [-0.05, 0) is 39.8 Å². The van der Waals surface area contributed by atoms with Crippen LogP contribution in [-0.2, 0) is 4.79 Å². The van der Waals surface area contributed by atoms with E-state index in [4.69, 9.17) is 0 Å². The third-order valence-electron chi connectivity index (χ3n) is 4.69. The van der Waals surface area contributed by atoms with Gasteiger partial charge in [0.25, 0.3) is 0 Å². The number of carbonyl (C=O) groups is 1. The van der Waals surface area contributed by atoms with Crippen LogP contribution in [0, 0.1) is 0 Å². The fraction of sp³-hybridized carbons (Fsp3) is 0.765. The van der Waals surface area contributed by atoms with Gasteiger partial charge in [0.05, 0.1) is 6.04 Å². The molecule has 1 aromatic rings. The molecule has 1 amide bonds. The number of hydrogen-bond donors (Lipinski definition) is 0. The zero-order chi connectivity index (χ0) is 15.9. The van der Waals surface area contributed by atoms with Gasteiger partial charge in [0, 0.05) is 17.6 Å². The number of anilines is 1. The van der Waals surface area contributed by atoms with Crippen LogP contribution >= 0.6 is 11.3 Å². The molecule has 0 spiro atoms. The standard InChI is InChI=1S/C17H29N3OS/c1-4-5-12-19(3)14(2)16(21)20(17-18-11-13-22-17)15-9-7-6-8-10-15/h11,13-15H,4-10,12H2,1-3H3. The Labute approximate surface area is 138 Å². The van der Waals surface area contributed by atoms with Crippen LogP contribution in [0.15, 0.2) is 11.6 Å². The highest BCUT2D eigenvalue weighted by atomic mass is 32.1. The summed E-state index contributed by atoms with van der Waals surface area (Å²) in [5.74, 6) is 0.209. The third kappa shape index (κ3) is 4.29. The summed E-state index contributed by atoms with van der Waals surface area (Å²) < 4.78 is 0. The van der Waals surface area contributed by atoms with Crippen LogP contribution in [0.4, 0.5) is 5.13 Å². The van der Waals surface area contributed by atoms with Crippen molar-refractivity contribution >= 4 is 22.4 Å². The maximum atomic E-state index is 13.1. The fourth-order valence-electron chi connectivity index (χ4n) is 3.10. The van der Waals surface area contributed by atoms with Crippen molar-refractivity contribution in [3.63, 3.8) is 0 Å². The Morgan fingerprint density at radius 3 is 2.73 bits per heavy atom. The van der Waals surface area contributed by atoms with Gasteiger partial charge in [-0.15, -0.1) is 11.3 Å². The first-order valence-corrected chi connectivity index (χ1v) is 9.46. The van der Waals surface area contributed by atoms with Crippen molar-refractivity contribution in [1.82, 2.24) is 9.88 Å². The molecule has 1 saturated carbocycles. The fourth-order valence-corrected chi connectivity index (χ4v) is 3.81. The number of aromatic nitrogens is 1. The summed E-state index contributed by atoms with van der Waals surface area (Å²) in [5.41, 5.74) is 0. The molecule has 22 heavy (non-hydrogen) atoms. The van der Waals surface area contributed by atoms with Crippen molar-refractivity contribution in [2.75, 3.05) is 18.5 Å². The Balaban J connectivity index is 2.11. The highest BCUT2D eigenvalue weighted by Crippen LogP contribution is 2.29. The number of amides is 1. The molecule has 124 valence electrons. The van der Waals surface area contributed by atoms with Gasteiger partial charge in [0.1, 0.15) is 0 Å². The first-order valence-electron chi connectivity index (χ1n) is 8.58. The molecule has 1 atom stereocenters. The highest BCUT2D eigenvalue weighted by Gasteiger charge is 2.32. The second-order valence-corrected chi connectivity index (χ2v) is 7.20. The lowest BCUT2D eigenvalue weighted by atomic mass is 9.94. The summed E-state index contributed by atoms with van der Waals surface area (Å²) in [5, 5.41) is 2.83. The molecule has 5 heteroatoms. The normalized spacial score (nSPS) is 17.6. The monoisotopic (exact) mass is 323 g/mol. The number of hydrogen-bond acceptors (Lipinski definition) is 4. The van der Waals surface area contributed by atoms with E-state index in [-0.39, 0.29) is 11.9 Å². The van der Waals surface area contributed by atoms with E-state index in [9.17, 15) is 4.79 Å². The van der Waals surface area contributed by atoms with E-state index in [1.807, 2.05) is 17.2 Å². The summed E-state index contributed by atoms with van der Waals surface area (Å²) in [6.45, 7) is 5.19. The van der Waals surface area contributed by atoms with Gasteiger partial charge in [-0.1, -0.05) is 32.6 Å². The Bertz CT molecular complexity index is 443. The van der Waals surface area contributed by atoms with E-state index in [0.29, 0.717) is 6.04 Å². The first-order chi connectivity index (χ1) is 10.6. The van der Waals surface area contributed by atoms with E-state index in [1.165, 1.54) is 19.3 Å². The van der Waals surface area contributed by atoms with E-state index in [1.54, 1.807) is 17.5 Å². The number of rotatable bonds is 7. The molecule has 2 rings (SSSR count). The van der Waals surface area contributed by atoms with Gasteiger partial charge in [0.2, 0.25) is 5.91 Å². The summed E-state index contributed by atoms with van der Waals surface area (Å²) in [7, 11) is 2.05. The van der Waals surface area contributed by atoms with Crippen LogP contribution in [0.3, 0.4) is 0 Å². The summed E-state index contributed by atoms with van der Waals surface area (Å²) in [6, 6.07) is 0.242. The van der Waals surface area contributed by atoms with E-state index in [0.717, 1.165) is 37.4 Å². The van der Waals surface area contributed by atoms with Gasteiger partial charge in [-0.3, -0.25) is 14.6 Å². The summed E-state index contributed by atoms with van der Waals surface area (Å²) >= 11 is 1.58. The van der Waals surface area contributed by atoms with Gasteiger partial charge >= 0.3 is 0 Å². The van der Waals surface area contributed by atoms with Crippen LogP contribution in [0.1, 0.15) is 58.8 Å². The van der Waals surface area contributed by atoms with Crippen molar-refractivity contribution in [2.45, 2.75) is 70.9 Å². The molecule has 1 aliphatic rings. The van der Waals surface area contributed by atoms with Crippen LogP contribution in [0.25, 0.3) is 0 Å². The van der Waals surface area contributed by atoms with Crippen LogP contribution < -0.4 is 4.90 Å². The molecular weight excluding hydrogens is 294 g/mol. The zero-order valence-corrected chi connectivity index (χ0v) is 14.9. The first kappa shape index (κ1) is 17.4. The smallest absolute Gasteiger partial charge is 0.246 e. The lowest BCUT2D eigenvalue weighted by Gasteiger charge is -2.36. The number of carbonyl (C=O) groups excluding carboxylic acids is 1. The van der Waals surface area contributed by atoms with Crippen molar-refractivity contribution in [2.24, 2.45) is 0 Å². The predicted molar refractivity (Wildman–Crippen MR) is 93.5 cm³/mol. The van der Waals surface area contributed by atoms with Gasteiger partial charge in [-0.25, -0.2) is 4.98 Å². The van der Waals surface area contributed by atoms with Crippen LogP contribution in [0.2, 0.25) is 0 Å². The molecule has 0 radical (unpaired) electrons. The Hall–Kier alpha value is -0.940. The lowest BCUT2D eigenvalue weighted by Crippen LogP contribution is -2.50. The second-order valence-electron chi connectivity index (χ2n) is 6.32. The predicted octanol–water partition coefficient (Wildman–Crippen LogP) is 3.93. The highest BCUT2D eigenvalue weighted by molar-refractivity contribution is 7.13. The summed E-state index contributed by atoms with van der Waals surface area (Å²) in [6.07, 6.45) is 10.0. The maximum Gasteiger partial charge on any atom is 0.246 e. The van der Waals surface area contributed by atoms with Crippen molar-refractivity contribution in [3.8, 4) is 0 Å². The number of nitrogens with zero attached hydrogens (tertiary/aromatic N) is 3. The Kier molecular flexibility index (Phi) is 6.83. The van der Waals surface area contributed by atoms with E-state index in [2.05, 4.69) is 23.9 Å². The molecule has 1 aromatic heterocycles. The van der Waals surface area contributed by atoms with Gasteiger partial charge in [0.15, 0.2) is 5.13 Å². The second kappa shape index (κ2) is 8.63. The molecule has 1 unspecified atom stereocenters. The average molecular weight is 324 g/mol. The molecule has 4 nitrogen and oxygen atoms in total. The molecule has 0 saturated heterocycles. The molecular formula is C17H29N3OS. The lowest BCUT2D eigenvalue weighted by molar-refractivity contribution is -0.123. The minimum Gasteiger partial charge on any atom is -0.295 e. The Morgan fingerprint density at radius 1 is 1.41 bits per heavy atom. The number of likely N-dealkylation sites (N-methyl/N-ethyl adjacent to an activating group) is 1. The van der Waals surface area contributed by atoms with E-state index >= 15 is 0 Å². The molecule has 1 heterocycles. The molecule has 0 bridgehead atoms. The van der Waals surface area contributed by atoms with Crippen molar-refractivity contribution < 1.29 is 4.79 Å². The Morgan fingerprint density at radius 2 is 2.14 bits per heavy atom. The minimum atomic E-state index is -0.0858. The van der Waals surface area contributed by atoms with Crippen molar-refractivity contribution in [3.05, 3.63) is 11.6 Å². The summed E-state index contributed by atoms with van der Waals surface area (Å²) in [4.78, 5) is 21.7. The van der Waals surface area contributed by atoms with Crippen molar-refractivity contribution in [1.29, 1.82) is 0 Å². The SMILES string of the molecule is CCCCN(C)C(C)C(=O)N(c1nccs1)C1CCCCC1. The van der Waals surface area contributed by atoms with Crippen LogP contribution in [-0.4, -0.2) is 41.5 Å². The number of thiazole rings is 1. The third-order valence-corrected chi connectivity index (χ3v) is 5.46. The number of unbranched alkanes of at least 4 members (excludes halogenated alkanes) is 1. The average Bonchev–Trinajstić information content (AvgIpc) is 3.07. The van der Waals surface area contributed by atoms with E-state index < -0.39 is 0 Å².